The number of hydrogen-bond acceptors (Lipinski definition) is 11. The number of rotatable bonds is 11. The Morgan fingerprint density at radius 2 is 1.74 bits per heavy atom. The molecule has 15 heteroatoms. The average molecular weight is 569 g/mol. The molecule has 3 saturated carbocycles. The third-order valence-electron chi connectivity index (χ3n) is 7.99. The first-order valence-electron chi connectivity index (χ1n) is 12.4. The van der Waals surface area contributed by atoms with Crippen LogP contribution in [0.1, 0.15) is 51.9 Å². The predicted octanol–water partition coefficient (Wildman–Crippen LogP) is 1.60. The summed E-state index contributed by atoms with van der Waals surface area (Å²) in [4.78, 5) is 50.0. The van der Waals surface area contributed by atoms with Gasteiger partial charge in [0.2, 0.25) is 6.29 Å². The molecule has 0 aromatic carbocycles. The maximum absolute atomic E-state index is 13.6. The van der Waals surface area contributed by atoms with Crippen LogP contribution in [0.25, 0.3) is 0 Å². The van der Waals surface area contributed by atoms with Gasteiger partial charge < -0.3 is 23.7 Å². The smallest absolute Gasteiger partial charge is 0.405 e. The predicted molar refractivity (Wildman–Crippen MR) is 118 cm³/mol. The van der Waals surface area contributed by atoms with Crippen molar-refractivity contribution in [2.45, 2.75) is 81.7 Å². The van der Waals surface area contributed by atoms with Gasteiger partial charge in [-0.25, -0.2) is 0 Å². The topological polar surface area (TPSA) is 169 Å². The van der Waals surface area contributed by atoms with Gasteiger partial charge in [-0.1, -0.05) is 12.8 Å². The van der Waals surface area contributed by atoms with Crippen molar-refractivity contribution >= 4 is 34.0 Å². The molecule has 1 N–H and O–H groups in total. The number of carbonyl (C=O) groups is 4. The van der Waals surface area contributed by atoms with E-state index < -0.39 is 94.4 Å². The molecule has 3 aliphatic carbocycles. The first-order valence-corrected chi connectivity index (χ1v) is 13.9. The molecule has 12 nitrogen and oxygen atoms in total. The summed E-state index contributed by atoms with van der Waals surface area (Å²) in [6.45, 7) is 0.574. The highest BCUT2D eigenvalue weighted by Gasteiger charge is 2.70. The molecule has 1 saturated heterocycles. The average Bonchev–Trinajstić information content (AvgIpc) is 3.60. The van der Waals surface area contributed by atoms with Gasteiger partial charge in [-0.15, -0.1) is 0 Å². The van der Waals surface area contributed by atoms with E-state index >= 15 is 0 Å². The Morgan fingerprint density at radius 3 is 2.34 bits per heavy atom. The van der Waals surface area contributed by atoms with Crippen LogP contribution in [0.3, 0.4) is 0 Å². The van der Waals surface area contributed by atoms with Gasteiger partial charge in [-0.2, -0.15) is 17.2 Å². The van der Waals surface area contributed by atoms with Gasteiger partial charge in [-0.3, -0.25) is 23.7 Å². The monoisotopic (exact) mass is 568 g/mol. The van der Waals surface area contributed by atoms with Gasteiger partial charge in [0.15, 0.2) is 6.10 Å². The highest BCUT2D eigenvalue weighted by Crippen LogP contribution is 2.59. The Bertz CT molecular complexity index is 1070. The van der Waals surface area contributed by atoms with Crippen LogP contribution >= 0.6 is 0 Å². The molecule has 4 rings (SSSR count). The van der Waals surface area contributed by atoms with E-state index in [0.29, 0.717) is 13.3 Å². The molecule has 4 fully saturated rings. The van der Waals surface area contributed by atoms with Gasteiger partial charge >= 0.3 is 39.2 Å². The van der Waals surface area contributed by atoms with Gasteiger partial charge in [-0.05, 0) is 26.2 Å². The van der Waals surface area contributed by atoms with Crippen LogP contribution in [0.2, 0.25) is 0 Å². The first kappa shape index (κ1) is 28.6. The lowest BCUT2D eigenvalue weighted by Gasteiger charge is -2.31. The van der Waals surface area contributed by atoms with E-state index in [9.17, 15) is 36.4 Å². The Labute approximate surface area is 217 Å². The van der Waals surface area contributed by atoms with Gasteiger partial charge in [0, 0.05) is 24.9 Å². The van der Waals surface area contributed by atoms with Crippen molar-refractivity contribution in [3.8, 4) is 0 Å². The zero-order valence-electron chi connectivity index (χ0n) is 20.7. The molecule has 1 heterocycles. The van der Waals surface area contributed by atoms with Gasteiger partial charge in [0.25, 0.3) is 0 Å². The summed E-state index contributed by atoms with van der Waals surface area (Å²) in [5.41, 5.74) is 0. The van der Waals surface area contributed by atoms with Crippen LogP contribution in [-0.2, 0) is 53.0 Å². The minimum absolute atomic E-state index is 0.0550. The minimum atomic E-state index is -5.82. The van der Waals surface area contributed by atoms with Crippen LogP contribution in [0, 0.1) is 29.6 Å². The number of fused-ring (bicyclic) bond motifs is 1. The summed E-state index contributed by atoms with van der Waals surface area (Å²) in [6, 6.07) is 0. The molecule has 214 valence electrons. The lowest BCUT2D eigenvalue weighted by molar-refractivity contribution is -0.195. The van der Waals surface area contributed by atoms with E-state index in [0.717, 1.165) is 25.7 Å². The molecule has 1 aliphatic heterocycles. The Balaban J connectivity index is 1.34. The van der Waals surface area contributed by atoms with E-state index in [1.54, 1.807) is 0 Å². The summed E-state index contributed by atoms with van der Waals surface area (Å²) >= 11 is 0. The van der Waals surface area contributed by atoms with Crippen molar-refractivity contribution in [1.82, 2.24) is 0 Å². The van der Waals surface area contributed by atoms with Crippen molar-refractivity contribution in [2.24, 2.45) is 29.6 Å². The quantitative estimate of drug-likeness (QED) is 0.166. The fraction of sp³-hybridized carbons (Fsp3) is 0.826. The molecule has 8 unspecified atom stereocenters. The minimum Gasteiger partial charge on any atom is -0.458 e. The zero-order valence-corrected chi connectivity index (χ0v) is 21.6. The first-order chi connectivity index (χ1) is 17.8. The molecule has 0 aromatic heterocycles. The van der Waals surface area contributed by atoms with Gasteiger partial charge in [0.1, 0.15) is 12.2 Å². The van der Waals surface area contributed by atoms with Crippen molar-refractivity contribution in [3.63, 3.8) is 0 Å². The summed E-state index contributed by atoms with van der Waals surface area (Å²) in [7, 11) is -4.38. The molecule has 0 radical (unpaired) electrons. The highest BCUT2D eigenvalue weighted by molar-refractivity contribution is 7.86. The van der Waals surface area contributed by atoms with Crippen molar-refractivity contribution in [1.29, 1.82) is 0 Å². The second-order valence-corrected chi connectivity index (χ2v) is 11.7. The largest absolute Gasteiger partial charge is 0.458 e. The van der Waals surface area contributed by atoms with Crippen LogP contribution < -0.4 is 0 Å². The Kier molecular flexibility index (Phi) is 8.01. The third-order valence-corrected chi connectivity index (χ3v) is 9.01. The number of alkyl halides is 2. The summed E-state index contributed by atoms with van der Waals surface area (Å²) < 4.78 is 83.5. The SMILES string of the molecule is COC(OC(=O)C1C2CC3C(OC(=O)C31)C2OC(=O)CCC(=O)OC(C)C(F)(F)S(=O)(=O)O)C1CCCC1. The zero-order chi connectivity index (χ0) is 28.0. The van der Waals surface area contributed by atoms with E-state index in [-0.39, 0.29) is 11.8 Å². The summed E-state index contributed by atoms with van der Waals surface area (Å²) in [6.07, 6.45) is -2.20. The molecule has 4 aliphatic rings. The van der Waals surface area contributed by atoms with E-state index in [1.165, 1.54) is 7.11 Å². The van der Waals surface area contributed by atoms with E-state index in [4.69, 9.17) is 23.5 Å². The maximum atomic E-state index is 13.6. The lowest BCUT2D eigenvalue weighted by Crippen LogP contribution is -2.45. The number of carbonyl (C=O) groups excluding carboxylic acids is 4. The second-order valence-electron chi connectivity index (χ2n) is 10.2. The molecule has 8 atom stereocenters. The second kappa shape index (κ2) is 10.6. The lowest BCUT2D eigenvalue weighted by atomic mass is 9.78. The fourth-order valence-electron chi connectivity index (χ4n) is 6.18. The molecule has 0 aromatic rings. The highest BCUT2D eigenvalue weighted by atomic mass is 32.2. The van der Waals surface area contributed by atoms with Crippen LogP contribution in [0.15, 0.2) is 0 Å². The molecule has 0 spiro atoms. The van der Waals surface area contributed by atoms with Crippen LogP contribution in [-0.4, -0.2) is 73.8 Å². The standard InChI is InChI=1S/C23H30F2O12S/c1-10(23(24,25)38(30,31)32)34-14(26)7-8-15(27)35-18-12-9-13-16(20(28)36-19(13)18)17(12)21(29)37-22(33-2)11-5-3-4-6-11/h10-13,16-19,22H,3-9H2,1-2H3,(H,30,31,32). The normalized spacial score (nSPS) is 32.1. The van der Waals surface area contributed by atoms with Crippen molar-refractivity contribution < 1.29 is 64.6 Å². The Morgan fingerprint density at radius 1 is 1.11 bits per heavy atom. The number of halogens is 2. The summed E-state index contributed by atoms with van der Waals surface area (Å²) in [5.74, 6) is -5.90. The molecule has 2 bridgehead atoms. The number of methoxy groups -OCH3 is 1. The number of esters is 4. The third kappa shape index (κ3) is 5.24. The Hall–Kier alpha value is -2.39. The van der Waals surface area contributed by atoms with Crippen molar-refractivity contribution in [3.05, 3.63) is 0 Å². The fourth-order valence-corrected chi connectivity index (χ4v) is 6.64. The van der Waals surface area contributed by atoms with E-state index in [2.05, 4.69) is 4.74 Å². The number of ether oxygens (including phenoxy) is 5. The molecular weight excluding hydrogens is 538 g/mol. The van der Waals surface area contributed by atoms with Crippen molar-refractivity contribution in [2.75, 3.05) is 7.11 Å². The molecule has 0 amide bonds. The van der Waals surface area contributed by atoms with Crippen LogP contribution in [0.4, 0.5) is 8.78 Å². The maximum Gasteiger partial charge on any atom is 0.405 e. The van der Waals surface area contributed by atoms with Gasteiger partial charge in [0.05, 0.1) is 24.7 Å². The summed E-state index contributed by atoms with van der Waals surface area (Å²) in [5, 5.41) is -4.74. The molecular formula is C23H30F2O12S. The molecule has 38 heavy (non-hydrogen) atoms. The number of hydrogen-bond donors (Lipinski definition) is 1. The van der Waals surface area contributed by atoms with E-state index in [1.807, 2.05) is 0 Å². The van der Waals surface area contributed by atoms with Crippen LogP contribution in [0.5, 0.6) is 0 Å².